The molecule has 102 valence electrons. The highest BCUT2D eigenvalue weighted by Gasteiger charge is 2.09. The zero-order valence-electron chi connectivity index (χ0n) is 10.8. The Morgan fingerprint density at radius 1 is 1.32 bits per heavy atom. The summed E-state index contributed by atoms with van der Waals surface area (Å²) in [4.78, 5) is 11.7. The van der Waals surface area contributed by atoms with Crippen LogP contribution in [0.1, 0.15) is 17.0 Å². The van der Waals surface area contributed by atoms with E-state index in [1.54, 1.807) is 0 Å². The zero-order valence-corrected chi connectivity index (χ0v) is 13.2. The Hall–Kier alpha value is -1.34. The molecule has 0 spiro atoms. The van der Waals surface area contributed by atoms with E-state index in [1.165, 1.54) is 16.9 Å². The minimum Gasteiger partial charge on any atom is -1.00 e. The third kappa shape index (κ3) is 5.04. The normalized spacial score (nSPS) is 9.79. The Labute approximate surface area is 126 Å². The van der Waals surface area contributed by atoms with Crippen LogP contribution in [0.4, 0.5) is 5.13 Å². The predicted octanol–water partition coefficient (Wildman–Crippen LogP) is -1.52. The lowest BCUT2D eigenvalue weighted by atomic mass is 10.3. The van der Waals surface area contributed by atoms with Gasteiger partial charge in [0.1, 0.15) is 5.01 Å². The number of aromatic nitrogens is 3. The van der Waals surface area contributed by atoms with Gasteiger partial charge in [0.25, 0.3) is 0 Å². The molecule has 0 saturated heterocycles. The average molecular weight is 343 g/mol. The van der Waals surface area contributed by atoms with E-state index >= 15 is 0 Å². The van der Waals surface area contributed by atoms with E-state index in [9.17, 15) is 4.79 Å². The number of aryl methyl sites for hydroxylation is 3. The van der Waals surface area contributed by atoms with Crippen LogP contribution in [0.25, 0.3) is 0 Å². The summed E-state index contributed by atoms with van der Waals surface area (Å²) >= 11 is 1.38. The topological polar surface area (TPSA) is 58.8 Å². The van der Waals surface area contributed by atoms with Gasteiger partial charge in [-0.3, -0.25) is 4.79 Å². The second-order valence-electron chi connectivity index (χ2n) is 4.04. The van der Waals surface area contributed by atoms with Crippen LogP contribution in [0.5, 0.6) is 0 Å². The van der Waals surface area contributed by atoms with Gasteiger partial charge in [-0.25, -0.2) is 4.57 Å². The van der Waals surface area contributed by atoms with E-state index in [1.807, 2.05) is 42.9 Å². The first-order chi connectivity index (χ1) is 8.63. The highest BCUT2D eigenvalue weighted by atomic mass is 79.9. The second kappa shape index (κ2) is 7.30. The maximum Gasteiger partial charge on any atom is 0.232 e. The summed E-state index contributed by atoms with van der Waals surface area (Å²) in [6.07, 6.45) is 4.36. The summed E-state index contributed by atoms with van der Waals surface area (Å²) in [6.45, 7) is 4.55. The molecule has 7 heteroatoms. The predicted molar refractivity (Wildman–Crippen MR) is 69.3 cm³/mol. The van der Waals surface area contributed by atoms with Crippen molar-refractivity contribution in [2.45, 2.75) is 26.8 Å². The number of carbonyl (C=O) groups excluding carboxylic acids is 1. The number of halogens is 1. The van der Waals surface area contributed by atoms with Gasteiger partial charge in [-0.2, -0.15) is 0 Å². The van der Waals surface area contributed by atoms with Crippen LogP contribution >= 0.6 is 11.3 Å². The SMILES string of the molecule is Cc1cc[n+](CCC(=O)Nc2nnc(C)s2)cc1.[Br-]. The molecule has 0 aliphatic rings. The monoisotopic (exact) mass is 342 g/mol. The maximum atomic E-state index is 11.7. The minimum absolute atomic E-state index is 0. The Balaban J connectivity index is 0.00000180. The fourth-order valence-corrected chi connectivity index (χ4v) is 2.05. The lowest BCUT2D eigenvalue weighted by Crippen LogP contribution is -3.00. The zero-order chi connectivity index (χ0) is 13.0. The van der Waals surface area contributed by atoms with Crippen LogP contribution in [0, 0.1) is 13.8 Å². The van der Waals surface area contributed by atoms with Crippen molar-refractivity contribution in [2.24, 2.45) is 0 Å². The number of nitrogens with one attached hydrogen (secondary N) is 1. The Bertz CT molecular complexity index is 541. The van der Waals surface area contributed by atoms with Gasteiger partial charge in [0.2, 0.25) is 11.0 Å². The standard InChI is InChI=1S/C12H14N4OS.BrH/c1-9-3-6-16(7-4-9)8-5-11(17)13-12-15-14-10(2)18-12;/h3-4,6-7H,5,8H2,1-2H3;1H. The number of carbonyl (C=O) groups is 1. The van der Waals surface area contributed by atoms with Crippen molar-refractivity contribution in [2.75, 3.05) is 5.32 Å². The molecule has 0 saturated carbocycles. The molecule has 0 aliphatic heterocycles. The van der Waals surface area contributed by atoms with Crippen molar-refractivity contribution in [1.82, 2.24) is 10.2 Å². The molecule has 0 radical (unpaired) electrons. The Morgan fingerprint density at radius 2 is 2.00 bits per heavy atom. The van der Waals surface area contributed by atoms with Gasteiger partial charge in [0, 0.05) is 12.1 Å². The smallest absolute Gasteiger partial charge is 0.232 e. The van der Waals surface area contributed by atoms with Gasteiger partial charge in [-0.05, 0) is 19.4 Å². The van der Waals surface area contributed by atoms with Crippen molar-refractivity contribution >= 4 is 22.4 Å². The van der Waals surface area contributed by atoms with Crippen LogP contribution in [-0.4, -0.2) is 16.1 Å². The van der Waals surface area contributed by atoms with E-state index < -0.39 is 0 Å². The fraction of sp³-hybridized carbons (Fsp3) is 0.333. The molecular formula is C12H15BrN4OS. The molecule has 2 heterocycles. The number of amides is 1. The van der Waals surface area contributed by atoms with Crippen molar-refractivity contribution in [3.8, 4) is 0 Å². The van der Waals surface area contributed by atoms with E-state index in [2.05, 4.69) is 15.5 Å². The van der Waals surface area contributed by atoms with Gasteiger partial charge in [-0.15, -0.1) is 10.2 Å². The van der Waals surface area contributed by atoms with Crippen LogP contribution < -0.4 is 26.9 Å². The summed E-state index contributed by atoms with van der Waals surface area (Å²) in [5.41, 5.74) is 1.21. The molecule has 0 bridgehead atoms. The Morgan fingerprint density at radius 3 is 2.58 bits per heavy atom. The van der Waals surface area contributed by atoms with Crippen LogP contribution in [0.15, 0.2) is 24.5 Å². The quantitative estimate of drug-likeness (QED) is 0.686. The van der Waals surface area contributed by atoms with Crippen LogP contribution in [-0.2, 0) is 11.3 Å². The van der Waals surface area contributed by atoms with Crippen molar-refractivity contribution in [3.05, 3.63) is 35.1 Å². The summed E-state index contributed by atoms with van der Waals surface area (Å²) < 4.78 is 1.98. The summed E-state index contributed by atoms with van der Waals surface area (Å²) in [5, 5.41) is 11.8. The van der Waals surface area contributed by atoms with E-state index in [-0.39, 0.29) is 22.9 Å². The number of rotatable bonds is 4. The first-order valence-electron chi connectivity index (χ1n) is 5.69. The van der Waals surface area contributed by atoms with Crippen molar-refractivity contribution < 1.29 is 26.3 Å². The molecular weight excluding hydrogens is 328 g/mol. The molecule has 5 nitrogen and oxygen atoms in total. The molecule has 19 heavy (non-hydrogen) atoms. The highest BCUT2D eigenvalue weighted by Crippen LogP contribution is 2.13. The van der Waals surface area contributed by atoms with Gasteiger partial charge < -0.3 is 22.3 Å². The van der Waals surface area contributed by atoms with Crippen LogP contribution in [0.2, 0.25) is 0 Å². The van der Waals surface area contributed by atoms with Gasteiger partial charge in [-0.1, -0.05) is 11.3 Å². The first kappa shape index (κ1) is 15.7. The molecule has 0 aromatic carbocycles. The summed E-state index contributed by atoms with van der Waals surface area (Å²) in [5.74, 6) is -0.0424. The highest BCUT2D eigenvalue weighted by molar-refractivity contribution is 7.15. The molecule has 0 aliphatic carbocycles. The molecule has 2 aromatic heterocycles. The van der Waals surface area contributed by atoms with Crippen molar-refractivity contribution in [3.63, 3.8) is 0 Å². The van der Waals surface area contributed by atoms with Gasteiger partial charge >= 0.3 is 0 Å². The second-order valence-corrected chi connectivity index (χ2v) is 5.22. The van der Waals surface area contributed by atoms with E-state index in [0.29, 0.717) is 18.1 Å². The third-order valence-electron chi connectivity index (χ3n) is 2.43. The first-order valence-corrected chi connectivity index (χ1v) is 6.51. The summed E-state index contributed by atoms with van der Waals surface area (Å²) in [6, 6.07) is 4.04. The molecule has 1 N–H and O–H groups in total. The lowest BCUT2D eigenvalue weighted by Gasteiger charge is -1.99. The number of hydrogen-bond acceptors (Lipinski definition) is 4. The number of pyridine rings is 1. The number of anilines is 1. The van der Waals surface area contributed by atoms with E-state index in [4.69, 9.17) is 0 Å². The third-order valence-corrected chi connectivity index (χ3v) is 3.18. The molecule has 2 rings (SSSR count). The lowest BCUT2D eigenvalue weighted by molar-refractivity contribution is -0.695. The van der Waals surface area contributed by atoms with Crippen molar-refractivity contribution in [1.29, 1.82) is 0 Å². The largest absolute Gasteiger partial charge is 1.00 e. The van der Waals surface area contributed by atoms with Gasteiger partial charge in [0.05, 0.1) is 6.42 Å². The molecule has 0 fully saturated rings. The average Bonchev–Trinajstić information content (AvgIpc) is 2.74. The number of hydrogen-bond donors (Lipinski definition) is 1. The van der Waals surface area contributed by atoms with Gasteiger partial charge in [0.15, 0.2) is 18.9 Å². The fourth-order valence-electron chi connectivity index (χ4n) is 1.44. The van der Waals surface area contributed by atoms with Crippen LogP contribution in [0.3, 0.4) is 0 Å². The molecule has 1 amide bonds. The van der Waals surface area contributed by atoms with E-state index in [0.717, 1.165) is 5.01 Å². The summed E-state index contributed by atoms with van der Waals surface area (Å²) in [7, 11) is 0. The Kier molecular flexibility index (Phi) is 6.04. The minimum atomic E-state index is -0.0424. The molecule has 2 aromatic rings. The maximum absolute atomic E-state index is 11.7. The molecule has 0 atom stereocenters. The number of nitrogens with zero attached hydrogens (tertiary/aromatic N) is 3. The molecule has 0 unspecified atom stereocenters.